The van der Waals surface area contributed by atoms with Crippen LogP contribution in [0.2, 0.25) is 0 Å². The first-order valence-electron chi connectivity index (χ1n) is 10.5. The molecule has 5 rings (SSSR count). The SMILES string of the molecule is O=C1CCCC2=C1C(c1ccccc1[N+](=O)[O-])n1nc(SCc3ccc([N+](=O)[O-])cc3)nc1N2. The van der Waals surface area contributed by atoms with Gasteiger partial charge in [-0.1, -0.05) is 36.0 Å². The van der Waals surface area contributed by atoms with Gasteiger partial charge in [-0.25, -0.2) is 4.68 Å². The van der Waals surface area contributed by atoms with Gasteiger partial charge in [0.2, 0.25) is 11.1 Å². The van der Waals surface area contributed by atoms with E-state index in [1.807, 2.05) is 0 Å². The number of carbonyl (C=O) groups is 1. The third-order valence-corrected chi connectivity index (χ3v) is 6.70. The molecule has 2 aromatic carbocycles. The van der Waals surface area contributed by atoms with E-state index in [2.05, 4.69) is 15.4 Å². The van der Waals surface area contributed by atoms with Crippen molar-refractivity contribution in [1.29, 1.82) is 0 Å². The largest absolute Gasteiger partial charge is 0.328 e. The highest BCUT2D eigenvalue weighted by molar-refractivity contribution is 7.98. The van der Waals surface area contributed by atoms with E-state index in [9.17, 15) is 25.0 Å². The van der Waals surface area contributed by atoms with Crippen molar-refractivity contribution in [2.24, 2.45) is 0 Å². The van der Waals surface area contributed by atoms with Gasteiger partial charge in [-0.3, -0.25) is 25.0 Å². The molecule has 0 bridgehead atoms. The number of para-hydroxylation sites is 1. The normalized spacial score (nSPS) is 17.1. The molecule has 34 heavy (non-hydrogen) atoms. The molecule has 0 saturated heterocycles. The molecule has 2 heterocycles. The van der Waals surface area contributed by atoms with Crippen molar-refractivity contribution in [2.75, 3.05) is 5.32 Å². The van der Waals surface area contributed by atoms with E-state index in [4.69, 9.17) is 0 Å². The van der Waals surface area contributed by atoms with E-state index in [0.29, 0.717) is 47.3 Å². The summed E-state index contributed by atoms with van der Waals surface area (Å²) in [6, 6.07) is 11.9. The Morgan fingerprint density at radius 2 is 1.82 bits per heavy atom. The summed E-state index contributed by atoms with van der Waals surface area (Å²) in [5.41, 5.74) is 2.40. The van der Waals surface area contributed by atoms with Gasteiger partial charge in [-0.05, 0) is 24.5 Å². The van der Waals surface area contributed by atoms with Crippen molar-refractivity contribution < 1.29 is 14.6 Å². The first kappa shape index (κ1) is 21.8. The Kier molecular flexibility index (Phi) is 5.57. The minimum atomic E-state index is -0.748. The molecule has 0 radical (unpaired) electrons. The predicted octanol–water partition coefficient (Wildman–Crippen LogP) is 4.41. The summed E-state index contributed by atoms with van der Waals surface area (Å²) in [7, 11) is 0. The molecule has 1 aromatic heterocycles. The zero-order valence-corrected chi connectivity index (χ0v) is 18.5. The van der Waals surface area contributed by atoms with Crippen molar-refractivity contribution in [2.45, 2.75) is 36.2 Å². The van der Waals surface area contributed by atoms with Crippen LogP contribution in [0.15, 0.2) is 65.0 Å². The number of nitrogens with one attached hydrogen (secondary N) is 1. The van der Waals surface area contributed by atoms with Crippen LogP contribution in [-0.4, -0.2) is 30.4 Å². The average Bonchev–Trinajstić information content (AvgIpc) is 3.24. The Morgan fingerprint density at radius 3 is 2.56 bits per heavy atom. The zero-order valence-electron chi connectivity index (χ0n) is 17.7. The lowest BCUT2D eigenvalue weighted by Crippen LogP contribution is -2.31. The summed E-state index contributed by atoms with van der Waals surface area (Å²) in [4.78, 5) is 39.2. The van der Waals surface area contributed by atoms with Gasteiger partial charge in [0, 0.05) is 41.6 Å². The number of ketones is 1. The number of carbonyl (C=O) groups excluding carboxylic acids is 1. The molecular formula is C22H18N6O5S. The monoisotopic (exact) mass is 478 g/mol. The lowest BCUT2D eigenvalue weighted by atomic mass is 9.85. The number of fused-ring (bicyclic) bond motifs is 1. The fourth-order valence-corrected chi connectivity index (χ4v) is 5.02. The van der Waals surface area contributed by atoms with Crippen LogP contribution in [0, 0.1) is 20.2 Å². The molecule has 0 fully saturated rings. The van der Waals surface area contributed by atoms with Crippen LogP contribution in [0.4, 0.5) is 17.3 Å². The molecule has 12 heteroatoms. The lowest BCUT2D eigenvalue weighted by molar-refractivity contribution is -0.385. The number of hydrogen-bond acceptors (Lipinski definition) is 9. The van der Waals surface area contributed by atoms with Gasteiger partial charge in [-0.15, -0.1) is 5.10 Å². The molecule has 0 saturated carbocycles. The molecule has 1 atom stereocenters. The quantitative estimate of drug-likeness (QED) is 0.309. The second-order valence-corrected chi connectivity index (χ2v) is 8.83. The minimum Gasteiger partial charge on any atom is -0.328 e. The topological polar surface area (TPSA) is 146 Å². The number of rotatable bonds is 6. The average molecular weight is 478 g/mol. The Bertz CT molecular complexity index is 1350. The number of Topliss-reactive ketones (excluding diaryl/α,β-unsaturated/α-hetero) is 1. The summed E-state index contributed by atoms with van der Waals surface area (Å²) < 4.78 is 1.54. The van der Waals surface area contributed by atoms with Gasteiger partial charge in [0.1, 0.15) is 6.04 Å². The van der Waals surface area contributed by atoms with E-state index in [1.165, 1.54) is 30.0 Å². The third-order valence-electron chi connectivity index (χ3n) is 5.79. The van der Waals surface area contributed by atoms with Crippen molar-refractivity contribution in [3.63, 3.8) is 0 Å². The van der Waals surface area contributed by atoms with Gasteiger partial charge in [-0.2, -0.15) is 4.98 Å². The predicted molar refractivity (Wildman–Crippen MR) is 123 cm³/mol. The van der Waals surface area contributed by atoms with Crippen LogP contribution in [0.3, 0.4) is 0 Å². The maximum absolute atomic E-state index is 12.9. The third kappa shape index (κ3) is 3.92. The van der Waals surface area contributed by atoms with Gasteiger partial charge < -0.3 is 5.32 Å². The molecule has 11 nitrogen and oxygen atoms in total. The van der Waals surface area contributed by atoms with Crippen LogP contribution in [0.5, 0.6) is 0 Å². The van der Waals surface area contributed by atoms with Gasteiger partial charge >= 0.3 is 0 Å². The Hall–Kier alpha value is -4.06. The standard InChI is InChI=1S/C22H18N6O5S/c29-18-7-3-5-16-19(18)20(15-4-1-2-6-17(15)28(32)33)26-21(23-16)24-22(25-26)34-12-13-8-10-14(11-9-13)27(30)31/h1-2,4,6,8-11,20H,3,5,7,12H2,(H,23,24,25). The van der Waals surface area contributed by atoms with Gasteiger partial charge in [0.15, 0.2) is 5.78 Å². The molecule has 1 N–H and O–H groups in total. The van der Waals surface area contributed by atoms with Gasteiger partial charge in [0.05, 0.1) is 15.4 Å². The summed E-state index contributed by atoms with van der Waals surface area (Å²) in [5.74, 6) is 0.838. The highest BCUT2D eigenvalue weighted by Gasteiger charge is 2.39. The van der Waals surface area contributed by atoms with Crippen LogP contribution < -0.4 is 5.32 Å². The highest BCUT2D eigenvalue weighted by atomic mass is 32.2. The maximum Gasteiger partial charge on any atom is 0.275 e. The Morgan fingerprint density at radius 1 is 1.06 bits per heavy atom. The summed E-state index contributed by atoms with van der Waals surface area (Å²) in [6.45, 7) is 0. The fraction of sp³-hybridized carbons (Fsp3) is 0.227. The second kappa shape index (κ2) is 8.71. The van der Waals surface area contributed by atoms with Gasteiger partial charge in [0.25, 0.3) is 11.4 Å². The molecular weight excluding hydrogens is 460 g/mol. The van der Waals surface area contributed by atoms with Crippen molar-refractivity contribution in [3.8, 4) is 0 Å². The molecule has 1 aliphatic carbocycles. The molecule has 172 valence electrons. The summed E-state index contributed by atoms with van der Waals surface area (Å²) in [5, 5.41) is 30.8. The lowest BCUT2D eigenvalue weighted by Gasteiger charge is -2.31. The number of aromatic nitrogens is 3. The van der Waals surface area contributed by atoms with Crippen LogP contribution in [0.1, 0.15) is 36.4 Å². The van der Waals surface area contributed by atoms with Crippen LogP contribution in [-0.2, 0) is 10.5 Å². The number of benzene rings is 2. The minimum absolute atomic E-state index is 0.0159. The molecule has 1 aliphatic heterocycles. The molecule has 2 aliphatic rings. The van der Waals surface area contributed by atoms with Crippen molar-refractivity contribution in [1.82, 2.24) is 14.8 Å². The number of allylic oxidation sites excluding steroid dienone is 2. The molecule has 3 aromatic rings. The zero-order chi connectivity index (χ0) is 23.8. The van der Waals surface area contributed by atoms with Crippen LogP contribution in [0.25, 0.3) is 0 Å². The maximum atomic E-state index is 12.9. The number of nitrogens with zero attached hydrogens (tertiary/aromatic N) is 5. The fourth-order valence-electron chi connectivity index (χ4n) is 4.23. The first-order chi connectivity index (χ1) is 16.4. The second-order valence-electron chi connectivity index (χ2n) is 7.89. The van der Waals surface area contributed by atoms with Crippen LogP contribution >= 0.6 is 11.8 Å². The number of nitro benzene ring substituents is 2. The van der Waals surface area contributed by atoms with E-state index >= 15 is 0 Å². The Balaban J connectivity index is 1.50. The number of anilines is 1. The highest BCUT2D eigenvalue weighted by Crippen LogP contribution is 2.43. The van der Waals surface area contributed by atoms with E-state index < -0.39 is 15.9 Å². The number of non-ortho nitro benzene ring substituents is 1. The van der Waals surface area contributed by atoms with Crippen molar-refractivity contribution >= 4 is 34.9 Å². The first-order valence-corrected chi connectivity index (χ1v) is 11.5. The summed E-state index contributed by atoms with van der Waals surface area (Å²) in [6.07, 6.45) is 1.73. The molecule has 0 amide bonds. The number of hydrogen-bond donors (Lipinski definition) is 1. The smallest absolute Gasteiger partial charge is 0.275 e. The Labute approximate surface area is 197 Å². The van der Waals surface area contributed by atoms with E-state index in [0.717, 1.165) is 11.3 Å². The number of nitro groups is 2. The van der Waals surface area contributed by atoms with Crippen molar-refractivity contribution in [3.05, 3.63) is 91.2 Å². The van der Waals surface area contributed by atoms with E-state index in [-0.39, 0.29) is 17.2 Å². The molecule has 1 unspecified atom stereocenters. The molecule has 0 spiro atoms. The van der Waals surface area contributed by atoms with E-state index in [1.54, 1.807) is 35.0 Å². The summed E-state index contributed by atoms with van der Waals surface area (Å²) >= 11 is 1.33. The number of thioether (sulfide) groups is 1.